The Morgan fingerprint density at radius 3 is 2.52 bits per heavy atom. The van der Waals surface area contributed by atoms with E-state index >= 15 is 0 Å². The van der Waals surface area contributed by atoms with Crippen LogP contribution >= 0.6 is 0 Å². The molecule has 0 saturated carbocycles. The zero-order valence-corrected chi connectivity index (χ0v) is 14.5. The minimum atomic E-state index is -0.107. The van der Waals surface area contributed by atoms with Gasteiger partial charge in [-0.25, -0.2) is 4.68 Å². The number of amides is 1. The Morgan fingerprint density at radius 1 is 1.04 bits per heavy atom. The zero-order chi connectivity index (χ0) is 17.6. The van der Waals surface area contributed by atoms with Crippen LogP contribution in [0.4, 0.5) is 0 Å². The first-order chi connectivity index (χ1) is 12.1. The fourth-order valence-corrected chi connectivity index (χ4v) is 2.68. The third kappa shape index (κ3) is 4.33. The van der Waals surface area contributed by atoms with Gasteiger partial charge in [0.05, 0.1) is 17.4 Å². The lowest BCUT2D eigenvalue weighted by molar-refractivity contribution is 0.0950. The van der Waals surface area contributed by atoms with E-state index in [4.69, 9.17) is 0 Å². The number of hydrogen-bond acceptors (Lipinski definition) is 3. The first-order valence-corrected chi connectivity index (χ1v) is 8.23. The number of aromatic nitrogens is 2. The van der Waals surface area contributed by atoms with Crippen LogP contribution in [0, 0.1) is 0 Å². The summed E-state index contributed by atoms with van der Waals surface area (Å²) in [6.07, 6.45) is 3.79. The van der Waals surface area contributed by atoms with E-state index in [2.05, 4.69) is 15.3 Å². The van der Waals surface area contributed by atoms with Crippen LogP contribution in [0.5, 0.6) is 0 Å². The molecule has 0 spiro atoms. The van der Waals surface area contributed by atoms with E-state index in [1.807, 2.05) is 81.1 Å². The first kappa shape index (κ1) is 16.9. The fraction of sp³-hybridized carbons (Fsp3) is 0.200. The molecule has 1 aromatic heterocycles. The summed E-state index contributed by atoms with van der Waals surface area (Å²) < 4.78 is 1.76. The van der Waals surface area contributed by atoms with E-state index in [-0.39, 0.29) is 5.91 Å². The smallest absolute Gasteiger partial charge is 0.253 e. The summed E-state index contributed by atoms with van der Waals surface area (Å²) in [5.74, 6) is -0.107. The molecule has 0 unspecified atom stereocenters. The van der Waals surface area contributed by atoms with Crippen molar-refractivity contribution in [2.45, 2.75) is 13.1 Å². The summed E-state index contributed by atoms with van der Waals surface area (Å²) in [6, 6.07) is 17.4. The van der Waals surface area contributed by atoms with E-state index in [0.717, 1.165) is 23.4 Å². The maximum absolute atomic E-state index is 12.6. The fourth-order valence-electron chi connectivity index (χ4n) is 2.68. The summed E-state index contributed by atoms with van der Waals surface area (Å²) >= 11 is 0. The average molecular weight is 334 g/mol. The maximum atomic E-state index is 12.6. The number of nitrogens with one attached hydrogen (secondary N) is 1. The molecule has 1 N–H and O–H groups in total. The third-order valence-electron chi connectivity index (χ3n) is 3.83. The molecule has 5 heteroatoms. The van der Waals surface area contributed by atoms with Crippen LogP contribution in [0.25, 0.3) is 5.69 Å². The van der Waals surface area contributed by atoms with Crippen LogP contribution in [0.15, 0.2) is 67.0 Å². The zero-order valence-electron chi connectivity index (χ0n) is 14.5. The van der Waals surface area contributed by atoms with Crippen LogP contribution < -0.4 is 5.32 Å². The van der Waals surface area contributed by atoms with Gasteiger partial charge in [-0.2, -0.15) is 5.10 Å². The lowest BCUT2D eigenvalue weighted by Gasteiger charge is -2.10. The van der Waals surface area contributed by atoms with Crippen molar-refractivity contribution in [2.24, 2.45) is 0 Å². The molecule has 128 valence electrons. The van der Waals surface area contributed by atoms with Gasteiger partial charge in [0.15, 0.2) is 0 Å². The summed E-state index contributed by atoms with van der Waals surface area (Å²) in [7, 11) is 4.03. The second-order valence-electron chi connectivity index (χ2n) is 6.22. The van der Waals surface area contributed by atoms with Crippen molar-refractivity contribution >= 4 is 5.91 Å². The highest BCUT2D eigenvalue weighted by Gasteiger charge is 2.13. The normalized spacial score (nSPS) is 10.8. The summed E-state index contributed by atoms with van der Waals surface area (Å²) in [5.41, 5.74) is 3.56. The molecule has 25 heavy (non-hydrogen) atoms. The molecule has 3 rings (SSSR count). The molecule has 0 fully saturated rings. The molecule has 3 aromatic rings. The molecule has 0 aliphatic heterocycles. The Balaban J connectivity index is 1.78. The van der Waals surface area contributed by atoms with Gasteiger partial charge >= 0.3 is 0 Å². The highest BCUT2D eigenvalue weighted by atomic mass is 16.1. The highest BCUT2D eigenvalue weighted by molar-refractivity contribution is 5.97. The van der Waals surface area contributed by atoms with Gasteiger partial charge in [0.1, 0.15) is 0 Å². The van der Waals surface area contributed by atoms with Gasteiger partial charge in [0, 0.05) is 24.8 Å². The van der Waals surface area contributed by atoms with Crippen LogP contribution in [0.1, 0.15) is 21.5 Å². The van der Waals surface area contributed by atoms with E-state index in [1.54, 1.807) is 4.68 Å². The molecule has 0 bridgehead atoms. The molecule has 0 aliphatic rings. The van der Waals surface area contributed by atoms with Crippen LogP contribution in [-0.2, 0) is 13.1 Å². The lowest BCUT2D eigenvalue weighted by Crippen LogP contribution is -2.24. The minimum absolute atomic E-state index is 0.107. The van der Waals surface area contributed by atoms with Crippen molar-refractivity contribution in [3.63, 3.8) is 0 Å². The molecular weight excluding hydrogens is 312 g/mol. The Bertz CT molecular complexity index is 840. The van der Waals surface area contributed by atoms with Gasteiger partial charge in [-0.15, -0.1) is 0 Å². The van der Waals surface area contributed by atoms with Crippen LogP contribution in [-0.4, -0.2) is 34.7 Å². The topological polar surface area (TPSA) is 50.2 Å². The van der Waals surface area contributed by atoms with Gasteiger partial charge in [0.2, 0.25) is 0 Å². The molecule has 0 radical (unpaired) electrons. The number of hydrogen-bond donors (Lipinski definition) is 1. The van der Waals surface area contributed by atoms with Crippen molar-refractivity contribution in [2.75, 3.05) is 14.1 Å². The van der Waals surface area contributed by atoms with E-state index in [1.165, 1.54) is 0 Å². The predicted octanol–water partition coefficient (Wildman–Crippen LogP) is 2.86. The second-order valence-corrected chi connectivity index (χ2v) is 6.22. The van der Waals surface area contributed by atoms with Gasteiger partial charge in [-0.05, 0) is 31.8 Å². The van der Waals surface area contributed by atoms with Gasteiger partial charge < -0.3 is 10.2 Å². The third-order valence-corrected chi connectivity index (χ3v) is 3.83. The summed E-state index contributed by atoms with van der Waals surface area (Å²) in [5, 5.41) is 7.39. The van der Waals surface area contributed by atoms with Gasteiger partial charge in [0.25, 0.3) is 5.91 Å². The van der Waals surface area contributed by atoms with Gasteiger partial charge in [-0.1, -0.05) is 42.5 Å². The molecule has 0 saturated heterocycles. The number of carbonyl (C=O) groups is 1. The largest absolute Gasteiger partial charge is 0.348 e. The van der Waals surface area contributed by atoms with Crippen molar-refractivity contribution in [1.29, 1.82) is 0 Å². The molecule has 0 aliphatic carbocycles. The summed E-state index contributed by atoms with van der Waals surface area (Å²) in [6.45, 7) is 1.31. The average Bonchev–Trinajstić information content (AvgIpc) is 3.08. The monoisotopic (exact) mass is 334 g/mol. The molecule has 1 amide bonds. The molecule has 2 aromatic carbocycles. The quantitative estimate of drug-likeness (QED) is 0.754. The molecule has 5 nitrogen and oxygen atoms in total. The maximum Gasteiger partial charge on any atom is 0.253 e. The molecule has 1 heterocycles. The Hall–Kier alpha value is -2.92. The first-order valence-electron chi connectivity index (χ1n) is 8.23. The van der Waals surface area contributed by atoms with Gasteiger partial charge in [-0.3, -0.25) is 4.79 Å². The number of benzene rings is 2. The Morgan fingerprint density at radius 2 is 1.76 bits per heavy atom. The van der Waals surface area contributed by atoms with E-state index in [9.17, 15) is 4.79 Å². The highest BCUT2D eigenvalue weighted by Crippen LogP contribution is 2.15. The van der Waals surface area contributed by atoms with Crippen LogP contribution in [0.3, 0.4) is 0 Å². The predicted molar refractivity (Wildman–Crippen MR) is 98.6 cm³/mol. The number of nitrogens with zero attached hydrogens (tertiary/aromatic N) is 3. The lowest BCUT2D eigenvalue weighted by atomic mass is 10.1. The Labute approximate surface area is 147 Å². The summed E-state index contributed by atoms with van der Waals surface area (Å²) in [4.78, 5) is 14.7. The van der Waals surface area contributed by atoms with E-state index in [0.29, 0.717) is 12.1 Å². The van der Waals surface area contributed by atoms with Crippen molar-refractivity contribution in [1.82, 2.24) is 20.0 Å². The Kier molecular flexibility index (Phi) is 5.26. The van der Waals surface area contributed by atoms with Crippen molar-refractivity contribution in [3.05, 3.63) is 83.7 Å². The van der Waals surface area contributed by atoms with Crippen LogP contribution in [0.2, 0.25) is 0 Å². The van der Waals surface area contributed by atoms with E-state index < -0.39 is 0 Å². The number of carbonyl (C=O) groups excluding carboxylic acids is 1. The number of rotatable bonds is 6. The van der Waals surface area contributed by atoms with Crippen molar-refractivity contribution < 1.29 is 4.79 Å². The molecular formula is C20H22N4O. The SMILES string of the molecule is CN(C)Cc1cnn(-c2ccccc2C(=O)NCc2ccccc2)c1. The minimum Gasteiger partial charge on any atom is -0.348 e. The number of para-hydroxylation sites is 1. The molecule has 0 atom stereocenters. The van der Waals surface area contributed by atoms with Crippen molar-refractivity contribution in [3.8, 4) is 5.69 Å². The second kappa shape index (κ2) is 7.77. The standard InChI is InChI=1S/C20H22N4O/c1-23(2)14-17-13-22-24(15-17)19-11-7-6-10-18(19)20(25)21-12-16-8-4-3-5-9-16/h3-11,13,15H,12,14H2,1-2H3,(H,21,25).